The smallest absolute Gasteiger partial charge is 0.315 e. The van der Waals surface area contributed by atoms with E-state index in [2.05, 4.69) is 10.3 Å². The summed E-state index contributed by atoms with van der Waals surface area (Å²) in [5.74, 6) is -4.20. The first-order valence-electron chi connectivity index (χ1n) is 8.55. The molecule has 3 N–H and O–H groups in total. The molecule has 1 aromatic rings. The molecule has 1 heterocycles. The second-order valence-corrected chi connectivity index (χ2v) is 7.53. The lowest BCUT2D eigenvalue weighted by atomic mass is 9.77. The third kappa shape index (κ3) is 2.83. The second-order valence-electron chi connectivity index (χ2n) is 7.53. The molecule has 7 heteroatoms. The molecule has 0 radical (unpaired) electrons. The van der Waals surface area contributed by atoms with Crippen LogP contribution in [-0.2, 0) is 10.3 Å². The van der Waals surface area contributed by atoms with Crippen LogP contribution in [0.4, 0.5) is 18.9 Å². The average molecular weight is 355 g/mol. The van der Waals surface area contributed by atoms with Crippen LogP contribution in [0, 0.1) is 5.82 Å². The fourth-order valence-electron chi connectivity index (χ4n) is 3.75. The van der Waals surface area contributed by atoms with E-state index in [0.717, 1.165) is 25.7 Å². The number of nitrogens with zero attached hydrogens (tertiary/aromatic N) is 1. The minimum absolute atomic E-state index is 0.195. The van der Waals surface area contributed by atoms with Crippen LogP contribution >= 0.6 is 0 Å². The van der Waals surface area contributed by atoms with Crippen LogP contribution < -0.4 is 11.1 Å². The molecule has 1 aliphatic heterocycles. The standard InChI is InChI=1S/C18H24F3N3O/c1-16(2)18(20,21)17(3,24-15(22)25-16)13-10-12(8-9-14(13)19)23-11-6-4-5-7-11/h8-11,23H,4-7H2,1-3H3,(H2,22,24)/t17-/m1/s1. The SMILES string of the molecule is CC1(C)OC(N)=N[C@](C)(c2cc(NC3CCCC3)ccc2F)C1(F)F. The zero-order valence-corrected chi connectivity index (χ0v) is 14.7. The maximum Gasteiger partial charge on any atom is 0.315 e. The largest absolute Gasteiger partial charge is 0.453 e. The van der Waals surface area contributed by atoms with Gasteiger partial charge in [0.25, 0.3) is 6.02 Å². The van der Waals surface area contributed by atoms with Gasteiger partial charge in [0.2, 0.25) is 0 Å². The van der Waals surface area contributed by atoms with Crippen LogP contribution in [0.15, 0.2) is 23.2 Å². The fraction of sp³-hybridized carbons (Fsp3) is 0.611. The Hall–Kier alpha value is -1.92. The normalized spacial score (nSPS) is 28.3. The third-order valence-corrected chi connectivity index (χ3v) is 5.28. The number of nitrogens with one attached hydrogen (secondary N) is 1. The van der Waals surface area contributed by atoms with Gasteiger partial charge in [-0.3, -0.25) is 0 Å². The van der Waals surface area contributed by atoms with Crippen molar-refractivity contribution in [2.24, 2.45) is 10.7 Å². The van der Waals surface area contributed by atoms with Gasteiger partial charge in [-0.25, -0.2) is 9.38 Å². The van der Waals surface area contributed by atoms with E-state index in [4.69, 9.17) is 10.5 Å². The van der Waals surface area contributed by atoms with Crippen molar-refractivity contribution in [1.82, 2.24) is 0 Å². The molecular formula is C18H24F3N3O. The van der Waals surface area contributed by atoms with Crippen molar-refractivity contribution in [1.29, 1.82) is 0 Å². The Kier molecular flexibility index (Phi) is 4.16. The molecule has 0 saturated heterocycles. The maximum absolute atomic E-state index is 15.1. The summed E-state index contributed by atoms with van der Waals surface area (Å²) in [5.41, 5.74) is 1.97. The molecule has 1 fully saturated rings. The summed E-state index contributed by atoms with van der Waals surface area (Å²) >= 11 is 0. The van der Waals surface area contributed by atoms with Crippen LogP contribution in [0.25, 0.3) is 0 Å². The van der Waals surface area contributed by atoms with E-state index in [-0.39, 0.29) is 17.6 Å². The van der Waals surface area contributed by atoms with Crippen LogP contribution in [0.2, 0.25) is 0 Å². The van der Waals surface area contributed by atoms with Gasteiger partial charge in [0, 0.05) is 17.3 Å². The summed E-state index contributed by atoms with van der Waals surface area (Å²) in [6.07, 6.45) is 4.31. The Morgan fingerprint density at radius 1 is 1.20 bits per heavy atom. The molecule has 2 aliphatic rings. The number of hydrogen-bond acceptors (Lipinski definition) is 4. The zero-order chi connectivity index (χ0) is 18.5. The van der Waals surface area contributed by atoms with Crippen LogP contribution in [0.3, 0.4) is 0 Å². The monoisotopic (exact) mass is 355 g/mol. The van der Waals surface area contributed by atoms with Gasteiger partial charge in [0.05, 0.1) is 0 Å². The summed E-state index contributed by atoms with van der Waals surface area (Å²) < 4.78 is 49.8. The highest BCUT2D eigenvalue weighted by Crippen LogP contribution is 2.52. The number of benzene rings is 1. The maximum atomic E-state index is 15.1. The molecule has 1 saturated carbocycles. The number of aliphatic imine (C=N–C) groups is 1. The van der Waals surface area contributed by atoms with Gasteiger partial charge in [-0.15, -0.1) is 0 Å². The van der Waals surface area contributed by atoms with E-state index in [1.807, 2.05) is 0 Å². The van der Waals surface area contributed by atoms with E-state index in [1.54, 1.807) is 6.07 Å². The number of anilines is 1. The number of halogens is 3. The van der Waals surface area contributed by atoms with E-state index < -0.39 is 22.9 Å². The van der Waals surface area contributed by atoms with Gasteiger partial charge in [-0.2, -0.15) is 8.78 Å². The number of nitrogens with two attached hydrogens (primary N) is 1. The first kappa shape index (κ1) is 17.9. The highest BCUT2D eigenvalue weighted by molar-refractivity contribution is 5.74. The molecule has 0 unspecified atom stereocenters. The van der Waals surface area contributed by atoms with Gasteiger partial charge in [0.15, 0.2) is 11.1 Å². The van der Waals surface area contributed by atoms with E-state index in [0.29, 0.717) is 5.69 Å². The number of hydrogen-bond donors (Lipinski definition) is 2. The van der Waals surface area contributed by atoms with Crippen molar-refractivity contribution < 1.29 is 17.9 Å². The average Bonchev–Trinajstić information content (AvgIpc) is 2.99. The van der Waals surface area contributed by atoms with Gasteiger partial charge in [-0.1, -0.05) is 12.8 Å². The third-order valence-electron chi connectivity index (χ3n) is 5.28. The Labute approximate surface area is 145 Å². The van der Waals surface area contributed by atoms with Gasteiger partial charge >= 0.3 is 5.92 Å². The van der Waals surface area contributed by atoms with Crippen molar-refractivity contribution >= 4 is 11.7 Å². The van der Waals surface area contributed by atoms with Crippen molar-refractivity contribution in [3.05, 3.63) is 29.6 Å². The number of alkyl halides is 2. The summed E-state index contributed by atoms with van der Waals surface area (Å²) in [5, 5.41) is 3.30. The van der Waals surface area contributed by atoms with E-state index in [9.17, 15) is 4.39 Å². The molecule has 0 aromatic heterocycles. The number of ether oxygens (including phenoxy) is 1. The van der Waals surface area contributed by atoms with Gasteiger partial charge < -0.3 is 15.8 Å². The fourth-order valence-corrected chi connectivity index (χ4v) is 3.75. The summed E-state index contributed by atoms with van der Waals surface area (Å²) in [7, 11) is 0. The molecule has 4 nitrogen and oxygen atoms in total. The summed E-state index contributed by atoms with van der Waals surface area (Å²) in [6.45, 7) is 3.65. The summed E-state index contributed by atoms with van der Waals surface area (Å²) in [6, 6.07) is 4.09. The Bertz CT molecular complexity index is 699. The zero-order valence-electron chi connectivity index (χ0n) is 14.7. The molecule has 138 valence electrons. The van der Waals surface area contributed by atoms with Crippen molar-refractivity contribution in [3.63, 3.8) is 0 Å². The highest BCUT2D eigenvalue weighted by Gasteiger charge is 2.66. The Balaban J connectivity index is 2.05. The molecule has 0 amide bonds. The lowest BCUT2D eigenvalue weighted by molar-refractivity contribution is -0.207. The van der Waals surface area contributed by atoms with Crippen molar-refractivity contribution in [2.75, 3.05) is 5.32 Å². The quantitative estimate of drug-likeness (QED) is 0.856. The van der Waals surface area contributed by atoms with Crippen LogP contribution in [-0.4, -0.2) is 23.6 Å². The minimum atomic E-state index is -3.46. The van der Waals surface area contributed by atoms with Crippen LogP contribution in [0.1, 0.15) is 52.0 Å². The second kappa shape index (κ2) is 5.81. The lowest BCUT2D eigenvalue weighted by Gasteiger charge is -2.46. The predicted octanol–water partition coefficient (Wildman–Crippen LogP) is 4.15. The molecule has 1 aromatic carbocycles. The topological polar surface area (TPSA) is 59.6 Å². The molecule has 1 atom stereocenters. The van der Waals surface area contributed by atoms with Crippen molar-refractivity contribution in [3.8, 4) is 0 Å². The Morgan fingerprint density at radius 2 is 1.84 bits per heavy atom. The molecule has 3 rings (SSSR count). The predicted molar refractivity (Wildman–Crippen MR) is 91.4 cm³/mol. The number of rotatable bonds is 3. The molecule has 1 aliphatic carbocycles. The minimum Gasteiger partial charge on any atom is -0.453 e. The van der Waals surface area contributed by atoms with E-state index >= 15 is 8.78 Å². The molecule has 25 heavy (non-hydrogen) atoms. The lowest BCUT2D eigenvalue weighted by Crippen LogP contribution is -2.62. The highest BCUT2D eigenvalue weighted by atomic mass is 19.3. The van der Waals surface area contributed by atoms with Crippen LogP contribution in [0.5, 0.6) is 0 Å². The van der Waals surface area contributed by atoms with Crippen molar-refractivity contribution in [2.45, 2.75) is 69.6 Å². The first-order chi connectivity index (χ1) is 11.6. The van der Waals surface area contributed by atoms with E-state index in [1.165, 1.54) is 32.9 Å². The molecule has 0 bridgehead atoms. The Morgan fingerprint density at radius 3 is 2.48 bits per heavy atom. The van der Waals surface area contributed by atoms with Gasteiger partial charge in [0.1, 0.15) is 5.82 Å². The molecule has 0 spiro atoms. The number of amidine groups is 1. The first-order valence-corrected chi connectivity index (χ1v) is 8.55. The van der Waals surface area contributed by atoms with Gasteiger partial charge in [-0.05, 0) is 51.8 Å². The molecular weight excluding hydrogens is 331 g/mol. The summed E-state index contributed by atoms with van der Waals surface area (Å²) in [4.78, 5) is 3.82.